The van der Waals surface area contributed by atoms with Crippen molar-refractivity contribution in [3.8, 4) is 17.1 Å². The molecular weight excluding hydrogens is 485 g/mol. The molecule has 1 heterocycles. The van der Waals surface area contributed by atoms with Gasteiger partial charge in [-0.3, -0.25) is 14.9 Å². The minimum absolute atomic E-state index is 0.0637. The Morgan fingerprint density at radius 2 is 1.72 bits per heavy atom. The second-order valence-corrected chi connectivity index (χ2v) is 7.44. The largest absolute Gasteiger partial charge is 0.488 e. The normalized spacial score (nSPS) is 10.8. The van der Waals surface area contributed by atoms with Crippen molar-refractivity contribution in [2.24, 2.45) is 0 Å². The Morgan fingerprint density at radius 1 is 1.00 bits per heavy atom. The lowest BCUT2D eigenvalue weighted by Gasteiger charge is -2.10. The smallest absolute Gasteiger partial charge is 0.359 e. The van der Waals surface area contributed by atoms with Gasteiger partial charge in [0.15, 0.2) is 0 Å². The summed E-state index contributed by atoms with van der Waals surface area (Å²) in [5, 5.41) is 11.8. The SMILES string of the molecule is O=c1c([N+](=O)[O-])c(-c2ccc(OCc3ccccc3)c(I)c2)oc2ccccc12. The van der Waals surface area contributed by atoms with Gasteiger partial charge >= 0.3 is 5.69 Å². The molecule has 0 spiro atoms. The number of hydrogen-bond donors (Lipinski definition) is 0. The van der Waals surface area contributed by atoms with Crippen molar-refractivity contribution < 1.29 is 14.1 Å². The molecule has 144 valence electrons. The summed E-state index contributed by atoms with van der Waals surface area (Å²) in [6.45, 7) is 0.404. The van der Waals surface area contributed by atoms with Crippen LogP contribution < -0.4 is 10.2 Å². The summed E-state index contributed by atoms with van der Waals surface area (Å²) in [5.41, 5.74) is 0.542. The molecule has 0 N–H and O–H groups in total. The molecule has 0 radical (unpaired) electrons. The van der Waals surface area contributed by atoms with Crippen molar-refractivity contribution >= 4 is 39.2 Å². The van der Waals surface area contributed by atoms with E-state index in [-0.39, 0.29) is 11.1 Å². The standard InChI is InChI=1S/C22H14INO5/c23-17-12-15(10-11-19(17)28-13-14-6-2-1-3-7-14)22-20(24(26)27)21(25)16-8-4-5-9-18(16)29-22/h1-12H,13H2. The van der Waals surface area contributed by atoms with E-state index in [1.807, 2.05) is 30.3 Å². The van der Waals surface area contributed by atoms with E-state index >= 15 is 0 Å². The van der Waals surface area contributed by atoms with Gasteiger partial charge in [-0.15, -0.1) is 0 Å². The fraction of sp³-hybridized carbons (Fsp3) is 0.0455. The van der Waals surface area contributed by atoms with Crippen molar-refractivity contribution in [3.63, 3.8) is 0 Å². The molecule has 0 bridgehead atoms. The monoisotopic (exact) mass is 499 g/mol. The minimum Gasteiger partial charge on any atom is -0.488 e. The molecule has 0 aliphatic carbocycles. The van der Waals surface area contributed by atoms with Crippen molar-refractivity contribution in [2.45, 2.75) is 6.61 Å². The minimum atomic E-state index is -0.694. The summed E-state index contributed by atoms with van der Waals surface area (Å²) in [6, 6.07) is 21.3. The predicted octanol–water partition coefficient (Wildman–Crippen LogP) is 5.55. The Balaban J connectivity index is 1.74. The van der Waals surface area contributed by atoms with Crippen molar-refractivity contribution in [1.29, 1.82) is 0 Å². The Morgan fingerprint density at radius 3 is 2.45 bits per heavy atom. The molecule has 6 nitrogen and oxygen atoms in total. The number of ether oxygens (including phenoxy) is 1. The molecule has 0 atom stereocenters. The molecule has 0 saturated heterocycles. The number of halogens is 1. The van der Waals surface area contributed by atoms with E-state index in [0.717, 1.165) is 9.13 Å². The first-order valence-electron chi connectivity index (χ1n) is 8.71. The third kappa shape index (κ3) is 3.86. The quantitative estimate of drug-likeness (QED) is 0.204. The van der Waals surface area contributed by atoms with Gasteiger partial charge in [-0.2, -0.15) is 0 Å². The molecule has 0 fully saturated rings. The number of para-hydroxylation sites is 1. The fourth-order valence-electron chi connectivity index (χ4n) is 2.99. The van der Waals surface area contributed by atoms with Gasteiger partial charge < -0.3 is 9.15 Å². The summed E-state index contributed by atoms with van der Waals surface area (Å²) in [6.07, 6.45) is 0. The van der Waals surface area contributed by atoms with E-state index in [4.69, 9.17) is 9.15 Å². The first-order chi connectivity index (χ1) is 14.0. The lowest BCUT2D eigenvalue weighted by Crippen LogP contribution is -2.10. The Kier molecular flexibility index (Phi) is 5.30. The van der Waals surface area contributed by atoms with Gasteiger partial charge in [-0.25, -0.2) is 0 Å². The average molecular weight is 499 g/mol. The highest BCUT2D eigenvalue weighted by atomic mass is 127. The van der Waals surface area contributed by atoms with E-state index in [1.165, 1.54) is 6.07 Å². The maximum atomic E-state index is 12.6. The summed E-state index contributed by atoms with van der Waals surface area (Å²) >= 11 is 2.10. The van der Waals surface area contributed by atoms with Gasteiger partial charge in [0.2, 0.25) is 5.76 Å². The second kappa shape index (κ2) is 8.04. The average Bonchev–Trinajstić information content (AvgIpc) is 2.73. The summed E-state index contributed by atoms with van der Waals surface area (Å²) in [5.74, 6) is 0.579. The number of nitrogens with zero attached hydrogens (tertiary/aromatic N) is 1. The third-order valence-corrected chi connectivity index (χ3v) is 5.23. The molecule has 0 aliphatic heterocycles. The molecule has 0 saturated carbocycles. The first-order valence-corrected chi connectivity index (χ1v) is 9.79. The van der Waals surface area contributed by atoms with E-state index in [9.17, 15) is 14.9 Å². The van der Waals surface area contributed by atoms with Crippen molar-refractivity contribution in [2.75, 3.05) is 0 Å². The lowest BCUT2D eigenvalue weighted by molar-refractivity contribution is -0.386. The fourth-order valence-corrected chi connectivity index (χ4v) is 3.66. The van der Waals surface area contributed by atoms with Crippen LogP contribution in [0.25, 0.3) is 22.3 Å². The van der Waals surface area contributed by atoms with Gasteiger partial charge in [0, 0.05) is 5.56 Å². The number of benzene rings is 3. The number of nitro groups is 1. The van der Waals surface area contributed by atoms with Crippen LogP contribution in [0.3, 0.4) is 0 Å². The molecule has 7 heteroatoms. The first kappa shape index (κ1) is 19.1. The highest BCUT2D eigenvalue weighted by Gasteiger charge is 2.26. The van der Waals surface area contributed by atoms with Gasteiger partial charge in [0.25, 0.3) is 5.43 Å². The molecule has 0 aliphatic rings. The zero-order valence-electron chi connectivity index (χ0n) is 15.0. The van der Waals surface area contributed by atoms with Crippen molar-refractivity contribution in [1.82, 2.24) is 0 Å². The summed E-state index contributed by atoms with van der Waals surface area (Å²) in [7, 11) is 0. The van der Waals surface area contributed by atoms with Gasteiger partial charge in [0.1, 0.15) is 17.9 Å². The van der Waals surface area contributed by atoms with Crippen LogP contribution in [0.5, 0.6) is 5.75 Å². The van der Waals surface area contributed by atoms with Crippen LogP contribution in [0.15, 0.2) is 82.0 Å². The molecule has 0 unspecified atom stereocenters. The van der Waals surface area contributed by atoms with E-state index in [1.54, 1.807) is 36.4 Å². The Labute approximate surface area is 179 Å². The van der Waals surface area contributed by atoms with Crippen LogP contribution in [-0.4, -0.2) is 4.92 Å². The van der Waals surface area contributed by atoms with Crippen LogP contribution in [0.2, 0.25) is 0 Å². The van der Waals surface area contributed by atoms with Gasteiger partial charge in [0.05, 0.1) is 13.9 Å². The van der Waals surface area contributed by atoms with Crippen LogP contribution in [-0.2, 0) is 6.61 Å². The van der Waals surface area contributed by atoms with Gasteiger partial charge in [-0.1, -0.05) is 42.5 Å². The summed E-state index contributed by atoms with van der Waals surface area (Å²) in [4.78, 5) is 23.5. The number of hydrogen-bond acceptors (Lipinski definition) is 5. The topological polar surface area (TPSA) is 82.6 Å². The van der Waals surface area contributed by atoms with E-state index < -0.39 is 16.0 Å². The highest BCUT2D eigenvalue weighted by Crippen LogP contribution is 2.34. The van der Waals surface area contributed by atoms with E-state index in [0.29, 0.717) is 23.5 Å². The highest BCUT2D eigenvalue weighted by molar-refractivity contribution is 14.1. The molecule has 4 rings (SSSR count). The molecule has 29 heavy (non-hydrogen) atoms. The van der Waals surface area contributed by atoms with E-state index in [2.05, 4.69) is 22.6 Å². The lowest BCUT2D eigenvalue weighted by atomic mass is 10.1. The van der Waals surface area contributed by atoms with Crippen LogP contribution >= 0.6 is 22.6 Å². The zero-order chi connectivity index (χ0) is 20.4. The van der Waals surface area contributed by atoms with Gasteiger partial charge in [-0.05, 0) is 58.5 Å². The maximum absolute atomic E-state index is 12.6. The molecule has 0 amide bonds. The maximum Gasteiger partial charge on any atom is 0.359 e. The molecular formula is C22H14INO5. The van der Waals surface area contributed by atoms with Crippen LogP contribution in [0, 0.1) is 13.7 Å². The third-order valence-electron chi connectivity index (χ3n) is 4.39. The second-order valence-electron chi connectivity index (χ2n) is 6.28. The number of fused-ring (bicyclic) bond motifs is 1. The summed E-state index contributed by atoms with van der Waals surface area (Å²) < 4.78 is 12.4. The number of rotatable bonds is 5. The zero-order valence-corrected chi connectivity index (χ0v) is 17.2. The predicted molar refractivity (Wildman–Crippen MR) is 118 cm³/mol. The van der Waals surface area contributed by atoms with Crippen LogP contribution in [0.1, 0.15) is 5.56 Å². The molecule has 3 aromatic carbocycles. The molecule has 4 aromatic rings. The Bertz CT molecular complexity index is 1270. The molecule has 1 aromatic heterocycles. The Hall–Kier alpha value is -3.20. The van der Waals surface area contributed by atoms with Crippen LogP contribution in [0.4, 0.5) is 5.69 Å². The van der Waals surface area contributed by atoms with Crippen molar-refractivity contribution in [3.05, 3.63) is 102 Å².